The second-order valence-electron chi connectivity index (χ2n) is 4.66. The van der Waals surface area contributed by atoms with Gasteiger partial charge in [0.1, 0.15) is 5.75 Å². The Morgan fingerprint density at radius 1 is 1.37 bits per heavy atom. The largest absolute Gasteiger partial charge is 0.496 e. The second-order valence-corrected chi connectivity index (χ2v) is 5.98. The van der Waals surface area contributed by atoms with Crippen molar-refractivity contribution in [2.24, 2.45) is 0 Å². The van der Waals surface area contributed by atoms with E-state index in [0.29, 0.717) is 6.04 Å². The van der Waals surface area contributed by atoms with Crippen LogP contribution >= 0.6 is 11.8 Å². The van der Waals surface area contributed by atoms with Crippen molar-refractivity contribution >= 4 is 11.8 Å². The average Bonchev–Trinajstić information content (AvgIpc) is 2.40. The van der Waals surface area contributed by atoms with Crippen molar-refractivity contribution in [2.45, 2.75) is 40.2 Å². The molecule has 3 nitrogen and oxygen atoms in total. The number of ether oxygens (including phenoxy) is 1. The van der Waals surface area contributed by atoms with Gasteiger partial charge < -0.3 is 10.1 Å². The molecule has 1 aromatic heterocycles. The molecule has 0 radical (unpaired) electrons. The highest BCUT2D eigenvalue weighted by Crippen LogP contribution is 2.25. The van der Waals surface area contributed by atoms with E-state index in [0.717, 1.165) is 41.5 Å². The number of nitrogens with one attached hydrogen (secondary N) is 1. The summed E-state index contributed by atoms with van der Waals surface area (Å²) in [7, 11) is 1.73. The van der Waals surface area contributed by atoms with E-state index < -0.39 is 0 Å². The minimum atomic E-state index is 0.480. The third-order valence-electron chi connectivity index (χ3n) is 3.21. The molecular formula is C15H26N2OS. The van der Waals surface area contributed by atoms with Gasteiger partial charge in [0.2, 0.25) is 0 Å². The smallest absolute Gasteiger partial charge is 0.128 e. The number of pyridine rings is 1. The summed E-state index contributed by atoms with van der Waals surface area (Å²) in [6.45, 7) is 9.49. The van der Waals surface area contributed by atoms with Crippen LogP contribution in [0.3, 0.4) is 0 Å². The minimum absolute atomic E-state index is 0.480. The highest BCUT2D eigenvalue weighted by atomic mass is 32.2. The van der Waals surface area contributed by atoms with Gasteiger partial charge in [-0.25, -0.2) is 0 Å². The predicted molar refractivity (Wildman–Crippen MR) is 84.4 cm³/mol. The SMILES string of the molecule is CCNC(CSCC)Cc1ncc(C)c(OC)c1C. The number of likely N-dealkylation sites (N-methyl/N-ethyl adjacent to an activating group) is 1. The summed E-state index contributed by atoms with van der Waals surface area (Å²) in [5.74, 6) is 3.26. The molecule has 1 heterocycles. The Morgan fingerprint density at radius 3 is 2.68 bits per heavy atom. The van der Waals surface area contributed by atoms with Crippen LogP contribution < -0.4 is 10.1 Å². The van der Waals surface area contributed by atoms with Gasteiger partial charge in [0.25, 0.3) is 0 Å². The number of aromatic nitrogens is 1. The first-order valence-electron chi connectivity index (χ1n) is 6.94. The molecule has 0 saturated heterocycles. The lowest BCUT2D eigenvalue weighted by molar-refractivity contribution is 0.406. The van der Waals surface area contributed by atoms with Crippen molar-refractivity contribution in [1.82, 2.24) is 10.3 Å². The van der Waals surface area contributed by atoms with Crippen molar-refractivity contribution in [1.29, 1.82) is 0 Å². The molecule has 0 fully saturated rings. The van der Waals surface area contributed by atoms with Gasteiger partial charge in [-0.1, -0.05) is 13.8 Å². The molecule has 0 aliphatic heterocycles. The summed E-state index contributed by atoms with van der Waals surface area (Å²) in [6, 6.07) is 0.480. The average molecular weight is 282 g/mol. The maximum Gasteiger partial charge on any atom is 0.128 e. The van der Waals surface area contributed by atoms with Crippen LogP contribution in [0.4, 0.5) is 0 Å². The molecule has 1 rings (SSSR count). The maximum absolute atomic E-state index is 5.47. The number of hydrogen-bond donors (Lipinski definition) is 1. The molecule has 0 bridgehead atoms. The third kappa shape index (κ3) is 4.69. The van der Waals surface area contributed by atoms with E-state index in [2.05, 4.69) is 31.1 Å². The van der Waals surface area contributed by atoms with Crippen LogP contribution in [-0.2, 0) is 6.42 Å². The lowest BCUT2D eigenvalue weighted by Crippen LogP contribution is -2.33. The monoisotopic (exact) mass is 282 g/mol. The van der Waals surface area contributed by atoms with Crippen LogP contribution in [0.2, 0.25) is 0 Å². The third-order valence-corrected chi connectivity index (χ3v) is 4.25. The number of aryl methyl sites for hydroxylation is 1. The Labute approximate surface area is 121 Å². The van der Waals surface area contributed by atoms with E-state index in [9.17, 15) is 0 Å². The standard InChI is InChI=1S/C15H26N2OS/c1-6-16-13(10-19-7-2)8-14-12(4)15(18-5)11(3)9-17-14/h9,13,16H,6-8,10H2,1-5H3. The van der Waals surface area contributed by atoms with Gasteiger partial charge in [0.05, 0.1) is 7.11 Å². The number of thioether (sulfide) groups is 1. The van der Waals surface area contributed by atoms with E-state index in [1.165, 1.54) is 5.56 Å². The Bertz CT molecular complexity index is 396. The molecule has 1 N–H and O–H groups in total. The summed E-state index contributed by atoms with van der Waals surface area (Å²) in [4.78, 5) is 4.59. The van der Waals surface area contributed by atoms with Gasteiger partial charge in [-0.3, -0.25) is 4.98 Å². The van der Waals surface area contributed by atoms with Crippen LogP contribution in [0.25, 0.3) is 0 Å². The second kappa shape index (κ2) is 8.43. The summed E-state index contributed by atoms with van der Waals surface area (Å²) in [6.07, 6.45) is 2.88. The van der Waals surface area contributed by atoms with Gasteiger partial charge in [-0.15, -0.1) is 0 Å². The van der Waals surface area contributed by atoms with Crippen molar-refractivity contribution in [2.75, 3.05) is 25.2 Å². The van der Waals surface area contributed by atoms with E-state index in [-0.39, 0.29) is 0 Å². The highest BCUT2D eigenvalue weighted by molar-refractivity contribution is 7.99. The molecule has 1 unspecified atom stereocenters. The summed E-state index contributed by atoms with van der Waals surface area (Å²) in [5, 5.41) is 3.54. The molecule has 0 amide bonds. The zero-order chi connectivity index (χ0) is 14.3. The lowest BCUT2D eigenvalue weighted by Gasteiger charge is -2.19. The summed E-state index contributed by atoms with van der Waals surface area (Å²) in [5.41, 5.74) is 3.42. The molecule has 0 saturated carbocycles. The van der Waals surface area contributed by atoms with Crippen LogP contribution in [0.5, 0.6) is 5.75 Å². The van der Waals surface area contributed by atoms with Gasteiger partial charge in [-0.05, 0) is 26.1 Å². The van der Waals surface area contributed by atoms with Crippen molar-refractivity contribution in [3.05, 3.63) is 23.0 Å². The van der Waals surface area contributed by atoms with E-state index in [1.807, 2.05) is 24.9 Å². The summed E-state index contributed by atoms with van der Waals surface area (Å²) >= 11 is 1.97. The number of hydrogen-bond acceptors (Lipinski definition) is 4. The zero-order valence-electron chi connectivity index (χ0n) is 12.7. The molecule has 0 aromatic carbocycles. The van der Waals surface area contributed by atoms with Crippen LogP contribution in [0.15, 0.2) is 6.20 Å². The molecule has 0 aliphatic rings. The topological polar surface area (TPSA) is 34.2 Å². The quantitative estimate of drug-likeness (QED) is 0.795. The maximum atomic E-state index is 5.47. The molecule has 4 heteroatoms. The van der Waals surface area contributed by atoms with Crippen molar-refractivity contribution in [3.63, 3.8) is 0 Å². The van der Waals surface area contributed by atoms with Crippen LogP contribution in [0, 0.1) is 13.8 Å². The Morgan fingerprint density at radius 2 is 2.11 bits per heavy atom. The predicted octanol–water partition coefficient (Wildman–Crippen LogP) is 2.98. The first-order chi connectivity index (χ1) is 9.13. The van der Waals surface area contributed by atoms with Gasteiger partial charge >= 0.3 is 0 Å². The van der Waals surface area contributed by atoms with Gasteiger partial charge in [0.15, 0.2) is 0 Å². The molecule has 108 valence electrons. The number of nitrogens with zero attached hydrogens (tertiary/aromatic N) is 1. The fourth-order valence-electron chi connectivity index (χ4n) is 2.25. The van der Waals surface area contributed by atoms with E-state index >= 15 is 0 Å². The molecule has 1 atom stereocenters. The van der Waals surface area contributed by atoms with Crippen molar-refractivity contribution < 1.29 is 4.74 Å². The first kappa shape index (κ1) is 16.3. The van der Waals surface area contributed by atoms with Gasteiger partial charge in [0, 0.05) is 41.2 Å². The van der Waals surface area contributed by atoms with E-state index in [1.54, 1.807) is 7.11 Å². The summed E-state index contributed by atoms with van der Waals surface area (Å²) < 4.78 is 5.47. The van der Waals surface area contributed by atoms with Crippen molar-refractivity contribution in [3.8, 4) is 5.75 Å². The normalized spacial score (nSPS) is 12.5. The molecule has 1 aromatic rings. The van der Waals surface area contributed by atoms with Gasteiger partial charge in [-0.2, -0.15) is 11.8 Å². The minimum Gasteiger partial charge on any atom is -0.496 e. The fourth-order valence-corrected chi connectivity index (χ4v) is 3.00. The number of rotatable bonds is 8. The lowest BCUT2D eigenvalue weighted by atomic mass is 10.1. The van der Waals surface area contributed by atoms with Crippen LogP contribution in [0.1, 0.15) is 30.7 Å². The molecule has 0 spiro atoms. The molecule has 0 aliphatic carbocycles. The Hall–Kier alpha value is -0.740. The molecule has 19 heavy (non-hydrogen) atoms. The Kier molecular flexibility index (Phi) is 7.24. The zero-order valence-corrected chi connectivity index (χ0v) is 13.6. The molecular weight excluding hydrogens is 256 g/mol. The van der Waals surface area contributed by atoms with E-state index in [4.69, 9.17) is 4.74 Å². The van der Waals surface area contributed by atoms with Crippen LogP contribution in [-0.4, -0.2) is 36.2 Å². The fraction of sp³-hybridized carbons (Fsp3) is 0.667. The highest BCUT2D eigenvalue weighted by Gasteiger charge is 2.14. The Balaban J connectivity index is 2.83. The first-order valence-corrected chi connectivity index (χ1v) is 8.09. The number of methoxy groups -OCH3 is 1.